The molecule has 4 heteroatoms. The van der Waals surface area contributed by atoms with E-state index in [1.54, 1.807) is 14.2 Å². The van der Waals surface area contributed by atoms with E-state index in [-0.39, 0.29) is 18.2 Å². The molecule has 1 aliphatic heterocycles. The Balaban J connectivity index is 2.37. The van der Waals surface area contributed by atoms with E-state index in [1.807, 2.05) is 0 Å². The molecule has 0 bridgehead atoms. The largest absolute Gasteiger partial charge is 0.382 e. The van der Waals surface area contributed by atoms with E-state index < -0.39 is 0 Å². The van der Waals surface area contributed by atoms with Crippen molar-refractivity contribution < 1.29 is 14.2 Å². The second-order valence-corrected chi connectivity index (χ2v) is 2.68. The Labute approximate surface area is 68.4 Å². The molecule has 0 saturated carbocycles. The van der Waals surface area contributed by atoms with Crippen LogP contribution in [0.4, 0.5) is 0 Å². The van der Waals surface area contributed by atoms with Crippen molar-refractivity contribution in [3.63, 3.8) is 0 Å². The van der Waals surface area contributed by atoms with E-state index in [4.69, 9.17) is 22.1 Å². The third-order valence-corrected chi connectivity index (χ3v) is 1.86. The second-order valence-electron chi connectivity index (χ2n) is 2.68. The third-order valence-electron chi connectivity index (χ3n) is 1.86. The fourth-order valence-electron chi connectivity index (χ4n) is 1.31. The average molecular weight is 156 g/mol. The quantitative estimate of drug-likeness (QED) is 0.535. The summed E-state index contributed by atoms with van der Waals surface area (Å²) in [7, 11) is 8.86. The highest BCUT2D eigenvalue weighted by molar-refractivity contribution is 6.11. The zero-order valence-corrected chi connectivity index (χ0v) is 6.95. The lowest BCUT2D eigenvalue weighted by Gasteiger charge is -2.15. The van der Waals surface area contributed by atoms with Crippen molar-refractivity contribution >= 4 is 7.85 Å². The Morgan fingerprint density at radius 3 is 2.82 bits per heavy atom. The molecule has 0 aliphatic carbocycles. The Morgan fingerprint density at radius 1 is 1.55 bits per heavy atom. The van der Waals surface area contributed by atoms with Crippen LogP contribution < -0.4 is 0 Å². The van der Waals surface area contributed by atoms with Crippen molar-refractivity contribution in [1.29, 1.82) is 0 Å². The summed E-state index contributed by atoms with van der Waals surface area (Å²) >= 11 is 0. The topological polar surface area (TPSA) is 27.7 Å². The molecule has 1 rings (SSSR count). The molecule has 62 valence electrons. The highest BCUT2D eigenvalue weighted by atomic mass is 16.6. The SMILES string of the molecule is [B][C@H]1CC(OC)[C@@H](COC)O1. The van der Waals surface area contributed by atoms with E-state index in [9.17, 15) is 0 Å². The van der Waals surface area contributed by atoms with Gasteiger partial charge in [0.1, 0.15) is 14.0 Å². The van der Waals surface area contributed by atoms with Crippen LogP contribution in [0.25, 0.3) is 0 Å². The van der Waals surface area contributed by atoms with Crippen LogP contribution in [0.2, 0.25) is 0 Å². The lowest BCUT2D eigenvalue weighted by Crippen LogP contribution is -2.27. The van der Waals surface area contributed by atoms with Gasteiger partial charge in [0.15, 0.2) is 0 Å². The molecule has 1 saturated heterocycles. The smallest absolute Gasteiger partial charge is 0.109 e. The molecule has 3 atom stereocenters. The monoisotopic (exact) mass is 156 g/mol. The summed E-state index contributed by atoms with van der Waals surface area (Å²) in [5.41, 5.74) is 0. The number of methoxy groups -OCH3 is 2. The molecule has 3 nitrogen and oxygen atoms in total. The van der Waals surface area contributed by atoms with Gasteiger partial charge in [-0.3, -0.25) is 0 Å². The van der Waals surface area contributed by atoms with E-state index in [0.717, 1.165) is 6.42 Å². The van der Waals surface area contributed by atoms with Crippen molar-refractivity contribution in [2.45, 2.75) is 24.6 Å². The molecule has 1 heterocycles. The molecular formula is C7H13BO3. The van der Waals surface area contributed by atoms with Gasteiger partial charge in [-0.05, 0) is 6.42 Å². The molecular weight excluding hydrogens is 143 g/mol. The van der Waals surface area contributed by atoms with Crippen molar-refractivity contribution in [3.8, 4) is 0 Å². The normalized spacial score (nSPS) is 37.8. The Bertz CT molecular complexity index is 120. The van der Waals surface area contributed by atoms with Gasteiger partial charge in [-0.2, -0.15) is 0 Å². The number of hydrogen-bond donors (Lipinski definition) is 0. The zero-order valence-electron chi connectivity index (χ0n) is 6.95. The molecule has 1 fully saturated rings. The highest BCUT2D eigenvalue weighted by Crippen LogP contribution is 2.20. The van der Waals surface area contributed by atoms with Crippen molar-refractivity contribution in [2.24, 2.45) is 0 Å². The number of hydrogen-bond acceptors (Lipinski definition) is 3. The van der Waals surface area contributed by atoms with Gasteiger partial charge in [-0.15, -0.1) is 0 Å². The van der Waals surface area contributed by atoms with Crippen molar-refractivity contribution in [3.05, 3.63) is 0 Å². The van der Waals surface area contributed by atoms with Gasteiger partial charge in [-0.25, -0.2) is 0 Å². The zero-order chi connectivity index (χ0) is 8.27. The van der Waals surface area contributed by atoms with E-state index in [1.165, 1.54) is 0 Å². The first-order chi connectivity index (χ1) is 5.27. The molecule has 0 aromatic heterocycles. The van der Waals surface area contributed by atoms with E-state index in [2.05, 4.69) is 0 Å². The van der Waals surface area contributed by atoms with Gasteiger partial charge in [0.2, 0.25) is 0 Å². The van der Waals surface area contributed by atoms with Crippen LogP contribution in [0.15, 0.2) is 0 Å². The highest BCUT2D eigenvalue weighted by Gasteiger charge is 2.32. The molecule has 11 heavy (non-hydrogen) atoms. The predicted octanol–water partition coefficient (Wildman–Crippen LogP) is -0.0687. The Hall–Kier alpha value is -0.0551. The van der Waals surface area contributed by atoms with Crippen LogP contribution in [0.1, 0.15) is 6.42 Å². The summed E-state index contributed by atoms with van der Waals surface area (Å²) in [5, 5.41) is 0. The van der Waals surface area contributed by atoms with Crippen LogP contribution in [-0.2, 0) is 14.2 Å². The molecule has 0 N–H and O–H groups in total. The molecule has 0 amide bonds. The van der Waals surface area contributed by atoms with Gasteiger partial charge >= 0.3 is 0 Å². The van der Waals surface area contributed by atoms with Crippen molar-refractivity contribution in [2.75, 3.05) is 20.8 Å². The predicted molar refractivity (Wildman–Crippen MR) is 41.7 cm³/mol. The molecule has 0 spiro atoms. The summed E-state index contributed by atoms with van der Waals surface area (Å²) in [6.07, 6.45) is 0.842. The molecule has 2 radical (unpaired) electrons. The van der Waals surface area contributed by atoms with Crippen LogP contribution in [0, 0.1) is 0 Å². The molecule has 1 unspecified atom stereocenters. The molecule has 1 aliphatic rings. The van der Waals surface area contributed by atoms with Crippen molar-refractivity contribution in [1.82, 2.24) is 0 Å². The molecule has 0 aromatic rings. The lowest BCUT2D eigenvalue weighted by molar-refractivity contribution is -0.0315. The number of ether oxygens (including phenoxy) is 3. The van der Waals surface area contributed by atoms with Crippen LogP contribution in [0.5, 0.6) is 0 Å². The van der Waals surface area contributed by atoms with Gasteiger partial charge in [0.25, 0.3) is 0 Å². The minimum Gasteiger partial charge on any atom is -0.382 e. The lowest BCUT2D eigenvalue weighted by atomic mass is 9.96. The maximum atomic E-state index is 5.56. The fraction of sp³-hybridized carbons (Fsp3) is 1.00. The van der Waals surface area contributed by atoms with Gasteiger partial charge in [0.05, 0.1) is 12.7 Å². The first-order valence-electron chi connectivity index (χ1n) is 3.70. The minimum atomic E-state index is -0.194. The van der Waals surface area contributed by atoms with Crippen LogP contribution >= 0.6 is 0 Å². The first kappa shape index (κ1) is 9.04. The summed E-state index contributed by atoms with van der Waals surface area (Å²) in [4.78, 5) is 0. The Morgan fingerprint density at radius 2 is 2.27 bits per heavy atom. The van der Waals surface area contributed by atoms with Gasteiger partial charge < -0.3 is 14.2 Å². The fourth-order valence-corrected chi connectivity index (χ4v) is 1.31. The maximum Gasteiger partial charge on any atom is 0.109 e. The summed E-state index contributed by atoms with van der Waals surface area (Å²) < 4.78 is 15.4. The van der Waals surface area contributed by atoms with E-state index in [0.29, 0.717) is 6.61 Å². The van der Waals surface area contributed by atoms with Gasteiger partial charge in [0, 0.05) is 20.2 Å². The van der Waals surface area contributed by atoms with Gasteiger partial charge in [-0.1, -0.05) is 0 Å². The first-order valence-corrected chi connectivity index (χ1v) is 3.70. The summed E-state index contributed by atoms with van der Waals surface area (Å²) in [5.74, 6) is 0. The third kappa shape index (κ3) is 2.19. The second kappa shape index (κ2) is 4.09. The van der Waals surface area contributed by atoms with E-state index >= 15 is 0 Å². The number of rotatable bonds is 3. The average Bonchev–Trinajstić information content (AvgIpc) is 2.32. The standard InChI is InChI=1S/C7H13BO3/c1-9-4-6-5(10-2)3-7(8)11-6/h5-7H,3-4H2,1-2H3/t5?,6-,7-/m1/s1. The maximum absolute atomic E-state index is 5.56. The minimum absolute atomic E-state index is 0.000000000000000222. The summed E-state index contributed by atoms with van der Waals surface area (Å²) in [6, 6.07) is -0.194. The van der Waals surface area contributed by atoms with Crippen LogP contribution in [-0.4, -0.2) is 46.9 Å². The van der Waals surface area contributed by atoms with Crippen LogP contribution in [0.3, 0.4) is 0 Å². The Kier molecular flexibility index (Phi) is 3.36. The summed E-state index contributed by atoms with van der Waals surface area (Å²) in [6.45, 7) is 0.548. The molecule has 0 aromatic carbocycles.